The van der Waals surface area contributed by atoms with Crippen LogP contribution in [0.2, 0.25) is 5.02 Å². The van der Waals surface area contributed by atoms with Crippen LogP contribution in [0.1, 0.15) is 35.2 Å². The summed E-state index contributed by atoms with van der Waals surface area (Å²) in [5.41, 5.74) is 4.69. The molecule has 2 aliphatic heterocycles. The van der Waals surface area contributed by atoms with Crippen molar-refractivity contribution in [3.8, 4) is 5.75 Å². The molecule has 0 spiro atoms. The molecular formula is C27H26ClN3O2S. The lowest BCUT2D eigenvalue weighted by Crippen LogP contribution is -2.72. The molecule has 5 rings (SSSR count). The molecule has 3 atom stereocenters. The van der Waals surface area contributed by atoms with Crippen molar-refractivity contribution >= 4 is 46.2 Å². The zero-order chi connectivity index (χ0) is 24.2. The van der Waals surface area contributed by atoms with E-state index in [1.165, 1.54) is 0 Å². The van der Waals surface area contributed by atoms with Crippen LogP contribution in [0.4, 0.5) is 11.4 Å². The Kier molecular flexibility index (Phi) is 5.53. The first kappa shape index (κ1) is 22.7. The Bertz CT molecular complexity index is 1310. The van der Waals surface area contributed by atoms with Gasteiger partial charge in [-0.3, -0.25) is 9.69 Å². The molecule has 0 aliphatic carbocycles. The fraction of sp³-hybridized carbons (Fsp3) is 0.259. The van der Waals surface area contributed by atoms with Gasteiger partial charge in [-0.25, -0.2) is 0 Å². The summed E-state index contributed by atoms with van der Waals surface area (Å²) in [4.78, 5) is 15.8. The maximum atomic E-state index is 13.9. The third-order valence-electron chi connectivity index (χ3n) is 6.66. The fourth-order valence-corrected chi connectivity index (χ4v) is 5.59. The summed E-state index contributed by atoms with van der Waals surface area (Å²) in [5, 5.41) is 7.72. The Morgan fingerprint density at radius 1 is 1.06 bits per heavy atom. The third kappa shape index (κ3) is 3.71. The zero-order valence-corrected chi connectivity index (χ0v) is 21.1. The van der Waals surface area contributed by atoms with Crippen LogP contribution in [0.25, 0.3) is 0 Å². The second kappa shape index (κ2) is 8.29. The van der Waals surface area contributed by atoms with Gasteiger partial charge >= 0.3 is 0 Å². The van der Waals surface area contributed by atoms with E-state index < -0.39 is 11.6 Å². The van der Waals surface area contributed by atoms with Crippen LogP contribution in [0, 0.1) is 26.7 Å². The van der Waals surface area contributed by atoms with Gasteiger partial charge in [0.15, 0.2) is 10.8 Å². The summed E-state index contributed by atoms with van der Waals surface area (Å²) in [7, 11) is 0. The number of nitrogens with one attached hydrogen (secondary N) is 2. The normalized spacial score (nSPS) is 23.0. The van der Waals surface area contributed by atoms with E-state index in [0.717, 1.165) is 39.4 Å². The molecule has 174 valence electrons. The first-order chi connectivity index (χ1) is 16.2. The van der Waals surface area contributed by atoms with Crippen molar-refractivity contribution in [2.75, 3.05) is 10.2 Å². The highest BCUT2D eigenvalue weighted by atomic mass is 35.5. The van der Waals surface area contributed by atoms with Crippen LogP contribution in [-0.4, -0.2) is 16.7 Å². The minimum Gasteiger partial charge on any atom is -0.467 e. The number of hydrogen-bond donors (Lipinski definition) is 2. The van der Waals surface area contributed by atoms with E-state index in [4.69, 9.17) is 28.6 Å². The molecular weight excluding hydrogens is 466 g/mol. The molecule has 2 N–H and O–H groups in total. The molecule has 0 aromatic heterocycles. The number of nitrogens with zero attached hydrogens (tertiary/aromatic N) is 1. The molecule has 2 aliphatic rings. The number of fused-ring (bicyclic) bond motifs is 4. The fourth-order valence-electron chi connectivity index (χ4n) is 5.05. The monoisotopic (exact) mass is 491 g/mol. The van der Waals surface area contributed by atoms with E-state index in [1.54, 1.807) is 12.1 Å². The molecule has 0 unspecified atom stereocenters. The molecule has 1 saturated heterocycles. The van der Waals surface area contributed by atoms with Gasteiger partial charge < -0.3 is 15.4 Å². The molecule has 3 aromatic rings. The molecule has 1 amide bonds. The first-order valence-corrected chi connectivity index (χ1v) is 12.0. The molecule has 7 heteroatoms. The molecule has 5 nitrogen and oxygen atoms in total. The number of hydrogen-bond acceptors (Lipinski definition) is 3. The summed E-state index contributed by atoms with van der Waals surface area (Å²) in [6.45, 7) is 7.98. The SMILES string of the molecule is Cc1ccc(NC(=O)[C@@H]2[C@@H]3NC(=S)N(c4ccc(Cl)cc4)[C@@]2(C)Oc2ccc(C)cc23)c(C)c1. The molecule has 2 bridgehead atoms. The predicted molar refractivity (Wildman–Crippen MR) is 141 cm³/mol. The Labute approximate surface area is 210 Å². The van der Waals surface area contributed by atoms with E-state index in [1.807, 2.05) is 69.0 Å². The molecule has 0 saturated carbocycles. The third-order valence-corrected chi connectivity index (χ3v) is 7.21. The molecule has 1 fully saturated rings. The second-order valence-electron chi connectivity index (χ2n) is 9.22. The van der Waals surface area contributed by atoms with Crippen molar-refractivity contribution in [2.24, 2.45) is 5.92 Å². The minimum atomic E-state index is -1.06. The van der Waals surface area contributed by atoms with Gasteiger partial charge in [0.2, 0.25) is 5.91 Å². The van der Waals surface area contributed by atoms with E-state index in [2.05, 4.69) is 22.8 Å². The van der Waals surface area contributed by atoms with Crippen LogP contribution < -0.4 is 20.3 Å². The summed E-state index contributed by atoms with van der Waals surface area (Å²) in [5.74, 6) is 0.00749. The highest BCUT2D eigenvalue weighted by Crippen LogP contribution is 2.50. The van der Waals surface area contributed by atoms with Gasteiger partial charge in [0.05, 0.1) is 6.04 Å². The largest absolute Gasteiger partial charge is 0.467 e. The number of ether oxygens (including phenoxy) is 1. The highest BCUT2D eigenvalue weighted by molar-refractivity contribution is 7.80. The van der Waals surface area contributed by atoms with Crippen LogP contribution in [0.5, 0.6) is 5.75 Å². The van der Waals surface area contributed by atoms with Gasteiger partial charge in [0.1, 0.15) is 11.7 Å². The summed E-state index contributed by atoms with van der Waals surface area (Å²) in [6, 6.07) is 19.1. The van der Waals surface area contributed by atoms with E-state index >= 15 is 0 Å². The smallest absolute Gasteiger partial charge is 0.236 e. The number of rotatable bonds is 3. The quantitative estimate of drug-likeness (QED) is 0.436. The van der Waals surface area contributed by atoms with Gasteiger partial charge in [-0.1, -0.05) is 47.0 Å². The standard InChI is InChI=1S/C27H26ClN3O2S/c1-15-5-11-21(17(3)13-15)29-25(32)23-24-20-14-16(2)6-12-22(20)33-27(23,4)31(26(34)30-24)19-9-7-18(28)8-10-19/h5-14,23-24H,1-4H3,(H,29,32)(H,30,34)/t23-,24+,27-/m0/s1. The number of benzene rings is 3. The van der Waals surface area contributed by atoms with Crippen LogP contribution in [0.3, 0.4) is 0 Å². The number of carbonyl (C=O) groups excluding carboxylic acids is 1. The van der Waals surface area contributed by atoms with Crippen molar-refractivity contribution in [1.29, 1.82) is 0 Å². The van der Waals surface area contributed by atoms with Gasteiger partial charge in [-0.2, -0.15) is 0 Å². The van der Waals surface area contributed by atoms with Crippen LogP contribution >= 0.6 is 23.8 Å². The lowest BCUT2D eigenvalue weighted by atomic mass is 9.78. The van der Waals surface area contributed by atoms with Crippen LogP contribution in [-0.2, 0) is 4.79 Å². The maximum Gasteiger partial charge on any atom is 0.236 e. The second-order valence-corrected chi connectivity index (χ2v) is 10.0. The number of thiocarbonyl (C=S) groups is 1. The summed E-state index contributed by atoms with van der Waals surface area (Å²) < 4.78 is 6.64. The number of carbonyl (C=O) groups is 1. The average molecular weight is 492 g/mol. The minimum absolute atomic E-state index is 0.138. The van der Waals surface area contributed by atoms with Crippen molar-refractivity contribution in [3.05, 3.63) is 87.9 Å². The van der Waals surface area contributed by atoms with E-state index in [0.29, 0.717) is 10.1 Å². The van der Waals surface area contributed by atoms with Gasteiger partial charge in [0.25, 0.3) is 0 Å². The van der Waals surface area contributed by atoms with Crippen LogP contribution in [0.15, 0.2) is 60.7 Å². The molecule has 0 radical (unpaired) electrons. The zero-order valence-electron chi connectivity index (χ0n) is 19.5. The number of amides is 1. The predicted octanol–water partition coefficient (Wildman–Crippen LogP) is 6.06. The van der Waals surface area contributed by atoms with Gasteiger partial charge in [-0.05, 0) is 81.9 Å². The van der Waals surface area contributed by atoms with Gasteiger partial charge in [-0.15, -0.1) is 0 Å². The number of anilines is 2. The highest BCUT2D eigenvalue weighted by Gasteiger charge is 2.59. The van der Waals surface area contributed by atoms with Crippen molar-refractivity contribution < 1.29 is 9.53 Å². The lowest BCUT2D eigenvalue weighted by Gasteiger charge is -2.56. The lowest BCUT2D eigenvalue weighted by molar-refractivity contribution is -0.130. The van der Waals surface area contributed by atoms with E-state index in [9.17, 15) is 4.79 Å². The van der Waals surface area contributed by atoms with Crippen molar-refractivity contribution in [3.63, 3.8) is 0 Å². The number of halogens is 1. The molecule has 2 heterocycles. The Morgan fingerprint density at radius 2 is 1.74 bits per heavy atom. The molecule has 34 heavy (non-hydrogen) atoms. The Hall–Kier alpha value is -3.09. The topological polar surface area (TPSA) is 53.6 Å². The molecule has 3 aromatic carbocycles. The Morgan fingerprint density at radius 3 is 2.44 bits per heavy atom. The average Bonchev–Trinajstić information content (AvgIpc) is 2.77. The number of aryl methyl sites for hydroxylation is 3. The van der Waals surface area contributed by atoms with E-state index in [-0.39, 0.29) is 11.9 Å². The summed E-state index contributed by atoms with van der Waals surface area (Å²) in [6.07, 6.45) is 0. The summed E-state index contributed by atoms with van der Waals surface area (Å²) >= 11 is 11.9. The van der Waals surface area contributed by atoms with Gasteiger partial charge in [0, 0.05) is 22.0 Å². The maximum absolute atomic E-state index is 13.9. The van der Waals surface area contributed by atoms with Crippen molar-refractivity contribution in [2.45, 2.75) is 39.5 Å². The Balaban J connectivity index is 1.63. The first-order valence-electron chi connectivity index (χ1n) is 11.2. The van der Waals surface area contributed by atoms with Crippen molar-refractivity contribution in [1.82, 2.24) is 5.32 Å².